The first-order valence-electron chi connectivity index (χ1n) is 8.46. The van der Waals surface area contributed by atoms with Crippen LogP contribution in [0.1, 0.15) is 27.7 Å². The summed E-state index contributed by atoms with van der Waals surface area (Å²) in [6.45, 7) is 6.85. The maximum absolute atomic E-state index is 12.3. The van der Waals surface area contributed by atoms with Crippen molar-refractivity contribution >= 4 is 39.4 Å². The fraction of sp³-hybridized carbons (Fsp3) is 0.316. The van der Waals surface area contributed by atoms with Crippen LogP contribution in [0.25, 0.3) is 22.4 Å². The smallest absolute Gasteiger partial charge is 0.408 e. The molecule has 3 rings (SSSR count). The molecule has 27 heavy (non-hydrogen) atoms. The van der Waals surface area contributed by atoms with Gasteiger partial charge in [-0.05, 0) is 39.8 Å². The van der Waals surface area contributed by atoms with Gasteiger partial charge in [0.2, 0.25) is 5.91 Å². The molecule has 142 valence electrons. The molecule has 0 fully saturated rings. The highest BCUT2D eigenvalue weighted by Crippen LogP contribution is 2.30. The van der Waals surface area contributed by atoms with Crippen LogP contribution in [0.2, 0.25) is 0 Å². The third-order valence-electron chi connectivity index (χ3n) is 3.54. The second-order valence-corrected chi connectivity index (χ2v) is 7.90. The summed E-state index contributed by atoms with van der Waals surface area (Å²) in [6.07, 6.45) is -0.646. The molecule has 7 nitrogen and oxygen atoms in total. The molecule has 8 heteroatoms. The minimum Gasteiger partial charge on any atom is -0.454 e. The number of rotatable bonds is 4. The number of ether oxygens (including phenoxy) is 1. The largest absolute Gasteiger partial charge is 0.454 e. The molecular weight excluding hydrogens is 366 g/mol. The molecule has 0 spiro atoms. The molecule has 3 aromatic rings. The van der Waals surface area contributed by atoms with E-state index in [4.69, 9.17) is 9.15 Å². The maximum atomic E-state index is 12.3. The van der Waals surface area contributed by atoms with Crippen molar-refractivity contribution in [3.8, 4) is 11.5 Å². The van der Waals surface area contributed by atoms with Crippen LogP contribution in [0.15, 0.2) is 40.1 Å². The molecule has 2 heterocycles. The first-order valence-corrected chi connectivity index (χ1v) is 9.34. The Morgan fingerprint density at radius 2 is 2.00 bits per heavy atom. The van der Waals surface area contributed by atoms with Gasteiger partial charge in [0, 0.05) is 10.8 Å². The number of amides is 2. The molecule has 0 radical (unpaired) electrons. The number of alkyl carbamates (subject to hydrolysis) is 1. The van der Waals surface area contributed by atoms with E-state index in [1.807, 2.05) is 30.3 Å². The van der Waals surface area contributed by atoms with Crippen LogP contribution in [0.5, 0.6) is 0 Å². The molecule has 1 aromatic carbocycles. The van der Waals surface area contributed by atoms with Crippen molar-refractivity contribution in [2.24, 2.45) is 0 Å². The minimum atomic E-state index is -0.765. The minimum absolute atomic E-state index is 0.383. The average molecular weight is 387 g/mol. The molecule has 2 aromatic heterocycles. The van der Waals surface area contributed by atoms with Crippen molar-refractivity contribution in [3.05, 3.63) is 35.7 Å². The number of para-hydroxylation sites is 1. The Kier molecular flexibility index (Phi) is 5.18. The Bertz CT molecular complexity index is 938. The van der Waals surface area contributed by atoms with Gasteiger partial charge in [0.15, 0.2) is 10.9 Å². The molecule has 2 amide bonds. The Labute approximate surface area is 160 Å². The summed E-state index contributed by atoms with van der Waals surface area (Å²) in [4.78, 5) is 28.4. The first-order chi connectivity index (χ1) is 12.7. The van der Waals surface area contributed by atoms with Crippen LogP contribution < -0.4 is 10.6 Å². The van der Waals surface area contributed by atoms with E-state index in [0.717, 1.165) is 11.0 Å². The van der Waals surface area contributed by atoms with E-state index in [2.05, 4.69) is 15.6 Å². The molecule has 0 aliphatic rings. The third kappa shape index (κ3) is 4.85. The molecule has 0 aliphatic heterocycles. The van der Waals surface area contributed by atoms with Crippen molar-refractivity contribution < 1.29 is 18.7 Å². The third-order valence-corrected chi connectivity index (χ3v) is 4.30. The number of hydrogen-bond acceptors (Lipinski definition) is 6. The second kappa shape index (κ2) is 7.40. The number of hydrogen-bond donors (Lipinski definition) is 2. The maximum Gasteiger partial charge on any atom is 0.408 e. The second-order valence-electron chi connectivity index (χ2n) is 7.04. The van der Waals surface area contributed by atoms with Gasteiger partial charge >= 0.3 is 6.09 Å². The monoisotopic (exact) mass is 387 g/mol. The lowest BCUT2D eigenvalue weighted by atomic mass is 10.2. The van der Waals surface area contributed by atoms with Crippen LogP contribution in [-0.4, -0.2) is 28.6 Å². The van der Waals surface area contributed by atoms with E-state index in [9.17, 15) is 9.59 Å². The number of carbonyl (C=O) groups excluding carboxylic acids is 2. The van der Waals surface area contributed by atoms with Gasteiger partial charge in [0.25, 0.3) is 0 Å². The topological polar surface area (TPSA) is 93.5 Å². The number of furan rings is 1. The number of thiazole rings is 1. The van der Waals surface area contributed by atoms with E-state index >= 15 is 0 Å². The zero-order valence-corrected chi connectivity index (χ0v) is 16.3. The zero-order chi connectivity index (χ0) is 19.6. The van der Waals surface area contributed by atoms with Gasteiger partial charge in [0.05, 0.1) is 0 Å². The fourth-order valence-electron chi connectivity index (χ4n) is 2.32. The Balaban J connectivity index is 1.63. The van der Waals surface area contributed by atoms with E-state index in [1.54, 1.807) is 33.1 Å². The standard InChI is InChI=1S/C19H21N3O4S/c1-11(20-18(24)26-19(2,3)4)16(23)22-17-21-13(10-27-17)15-9-12-7-5-6-8-14(12)25-15/h5-11H,1-4H3,(H,20,24)(H,21,22,23)/t11-/m1/s1. The van der Waals surface area contributed by atoms with E-state index in [1.165, 1.54) is 11.3 Å². The number of carbonyl (C=O) groups is 2. The Morgan fingerprint density at radius 3 is 2.70 bits per heavy atom. The van der Waals surface area contributed by atoms with E-state index < -0.39 is 17.7 Å². The summed E-state index contributed by atoms with van der Waals surface area (Å²) in [7, 11) is 0. The molecule has 0 saturated carbocycles. The van der Waals surface area contributed by atoms with Gasteiger partial charge < -0.3 is 19.8 Å². The Morgan fingerprint density at radius 1 is 1.26 bits per heavy atom. The fourth-order valence-corrected chi connectivity index (χ4v) is 3.02. The van der Waals surface area contributed by atoms with Crippen molar-refractivity contribution in [2.75, 3.05) is 5.32 Å². The molecule has 0 unspecified atom stereocenters. The number of nitrogens with one attached hydrogen (secondary N) is 2. The van der Waals surface area contributed by atoms with Crippen LogP contribution in [0.3, 0.4) is 0 Å². The van der Waals surface area contributed by atoms with Crippen molar-refractivity contribution in [3.63, 3.8) is 0 Å². The van der Waals surface area contributed by atoms with E-state index in [-0.39, 0.29) is 5.91 Å². The average Bonchev–Trinajstić information content (AvgIpc) is 3.18. The SMILES string of the molecule is C[C@@H](NC(=O)OC(C)(C)C)C(=O)Nc1nc(-c2cc3ccccc3o2)cs1. The van der Waals surface area contributed by atoms with Crippen LogP contribution in [-0.2, 0) is 9.53 Å². The van der Waals surface area contributed by atoms with Gasteiger partial charge in [-0.2, -0.15) is 0 Å². The molecule has 0 aliphatic carbocycles. The number of aromatic nitrogens is 1. The van der Waals surface area contributed by atoms with Gasteiger partial charge in [-0.15, -0.1) is 11.3 Å². The van der Waals surface area contributed by atoms with Gasteiger partial charge in [0.1, 0.15) is 22.9 Å². The van der Waals surface area contributed by atoms with Crippen molar-refractivity contribution in [2.45, 2.75) is 39.3 Å². The number of benzene rings is 1. The number of nitrogens with zero attached hydrogens (tertiary/aromatic N) is 1. The quantitative estimate of drug-likeness (QED) is 0.692. The highest BCUT2D eigenvalue weighted by atomic mass is 32.1. The summed E-state index contributed by atoms with van der Waals surface area (Å²) in [5.74, 6) is 0.249. The number of anilines is 1. The molecule has 0 saturated heterocycles. The summed E-state index contributed by atoms with van der Waals surface area (Å²) < 4.78 is 10.9. The lowest BCUT2D eigenvalue weighted by molar-refractivity contribution is -0.117. The first kappa shape index (κ1) is 18.9. The summed E-state index contributed by atoms with van der Waals surface area (Å²) in [5.41, 5.74) is 0.789. The Hall–Kier alpha value is -2.87. The summed E-state index contributed by atoms with van der Waals surface area (Å²) in [6, 6.07) is 8.83. The highest BCUT2D eigenvalue weighted by Gasteiger charge is 2.22. The molecular formula is C19H21N3O4S. The number of fused-ring (bicyclic) bond motifs is 1. The molecule has 2 N–H and O–H groups in total. The highest BCUT2D eigenvalue weighted by molar-refractivity contribution is 7.14. The van der Waals surface area contributed by atoms with Crippen molar-refractivity contribution in [1.82, 2.24) is 10.3 Å². The normalized spacial score (nSPS) is 12.6. The van der Waals surface area contributed by atoms with Crippen LogP contribution in [0.4, 0.5) is 9.93 Å². The lowest BCUT2D eigenvalue weighted by Crippen LogP contribution is -2.43. The van der Waals surface area contributed by atoms with Gasteiger partial charge in [-0.1, -0.05) is 18.2 Å². The van der Waals surface area contributed by atoms with Crippen LogP contribution >= 0.6 is 11.3 Å². The van der Waals surface area contributed by atoms with Crippen molar-refractivity contribution in [1.29, 1.82) is 0 Å². The summed E-state index contributed by atoms with van der Waals surface area (Å²) in [5, 5.41) is 8.40. The lowest BCUT2D eigenvalue weighted by Gasteiger charge is -2.21. The summed E-state index contributed by atoms with van der Waals surface area (Å²) >= 11 is 1.28. The predicted molar refractivity (Wildman–Crippen MR) is 105 cm³/mol. The predicted octanol–water partition coefficient (Wildman–Crippen LogP) is 4.41. The van der Waals surface area contributed by atoms with Gasteiger partial charge in [-0.3, -0.25) is 4.79 Å². The molecule has 1 atom stereocenters. The zero-order valence-electron chi connectivity index (χ0n) is 15.5. The molecule has 0 bridgehead atoms. The van der Waals surface area contributed by atoms with Gasteiger partial charge in [-0.25, -0.2) is 9.78 Å². The van der Waals surface area contributed by atoms with E-state index in [0.29, 0.717) is 16.6 Å². The van der Waals surface area contributed by atoms with Crippen LogP contribution in [0, 0.1) is 0 Å².